The van der Waals surface area contributed by atoms with Crippen LogP contribution in [0.5, 0.6) is 5.75 Å². The number of rotatable bonds is 6. The molecule has 1 N–H and O–H groups in total. The molecule has 0 aromatic heterocycles. The van der Waals surface area contributed by atoms with Crippen molar-refractivity contribution < 1.29 is 32.6 Å². The molecule has 1 heterocycles. The van der Waals surface area contributed by atoms with Crippen LogP contribution in [-0.4, -0.2) is 17.0 Å². The van der Waals surface area contributed by atoms with Crippen LogP contribution in [0.3, 0.4) is 0 Å². The van der Waals surface area contributed by atoms with E-state index in [1.54, 1.807) is 36.4 Å². The van der Waals surface area contributed by atoms with Gasteiger partial charge in [-0.3, -0.25) is 9.59 Å². The van der Waals surface area contributed by atoms with Gasteiger partial charge in [0.25, 0.3) is 5.91 Å². The zero-order chi connectivity index (χ0) is 22.9. The number of ether oxygens (including phenoxy) is 1. The van der Waals surface area contributed by atoms with Crippen molar-refractivity contribution >= 4 is 17.6 Å². The largest absolute Gasteiger partial charge is 0.489 e. The van der Waals surface area contributed by atoms with E-state index < -0.39 is 17.7 Å². The molecule has 5 nitrogen and oxygen atoms in total. The second kappa shape index (κ2) is 8.37. The van der Waals surface area contributed by atoms with E-state index in [0.29, 0.717) is 28.1 Å². The molecule has 0 atom stereocenters. The van der Waals surface area contributed by atoms with E-state index in [1.165, 1.54) is 17.0 Å². The van der Waals surface area contributed by atoms with Gasteiger partial charge < -0.3 is 14.7 Å². The number of benzene rings is 3. The molecule has 0 saturated heterocycles. The van der Waals surface area contributed by atoms with Crippen LogP contribution in [0.1, 0.15) is 32.6 Å². The first kappa shape index (κ1) is 21.4. The number of nitrogens with zero attached hydrogens (tertiary/aromatic N) is 1. The highest BCUT2D eigenvalue weighted by Gasteiger charge is 2.33. The maximum absolute atomic E-state index is 12.8. The van der Waals surface area contributed by atoms with Gasteiger partial charge in [-0.2, -0.15) is 13.2 Å². The second-order valence-electron chi connectivity index (χ2n) is 7.40. The van der Waals surface area contributed by atoms with Crippen LogP contribution in [0, 0.1) is 0 Å². The van der Waals surface area contributed by atoms with Crippen molar-refractivity contribution in [2.75, 3.05) is 4.90 Å². The normalized spacial score (nSPS) is 13.2. The van der Waals surface area contributed by atoms with Crippen LogP contribution >= 0.6 is 0 Å². The summed E-state index contributed by atoms with van der Waals surface area (Å²) in [5, 5.41) is 8.95. The van der Waals surface area contributed by atoms with Crippen molar-refractivity contribution in [3.05, 3.63) is 94.5 Å². The Morgan fingerprint density at radius 3 is 2.38 bits per heavy atom. The fourth-order valence-corrected chi connectivity index (χ4v) is 3.64. The van der Waals surface area contributed by atoms with Crippen molar-refractivity contribution in [3.63, 3.8) is 0 Å². The van der Waals surface area contributed by atoms with Gasteiger partial charge in [-0.1, -0.05) is 30.3 Å². The van der Waals surface area contributed by atoms with Crippen molar-refractivity contribution in [1.29, 1.82) is 0 Å². The molecule has 8 heteroatoms. The summed E-state index contributed by atoms with van der Waals surface area (Å²) in [6, 6.07) is 16.6. The quantitative estimate of drug-likeness (QED) is 0.580. The van der Waals surface area contributed by atoms with E-state index in [-0.39, 0.29) is 25.5 Å². The average molecular weight is 441 g/mol. The summed E-state index contributed by atoms with van der Waals surface area (Å²) in [5.74, 6) is -0.742. The Bertz CT molecular complexity index is 1170. The third kappa shape index (κ3) is 4.44. The number of anilines is 1. The lowest BCUT2D eigenvalue weighted by Crippen LogP contribution is -2.23. The molecule has 0 unspecified atom stereocenters. The Morgan fingerprint density at radius 1 is 1.00 bits per heavy atom. The molecule has 0 spiro atoms. The number of hydrogen-bond acceptors (Lipinski definition) is 3. The Labute approximate surface area is 181 Å². The van der Waals surface area contributed by atoms with Gasteiger partial charge in [-0.05, 0) is 47.5 Å². The molecule has 0 bridgehead atoms. The molecule has 0 aliphatic carbocycles. The molecule has 1 amide bonds. The number of amides is 1. The van der Waals surface area contributed by atoms with Crippen LogP contribution in [0.2, 0.25) is 0 Å². The van der Waals surface area contributed by atoms with Crippen molar-refractivity contribution in [3.8, 4) is 5.75 Å². The Hall–Kier alpha value is -3.81. The average Bonchev–Trinajstić information content (AvgIpc) is 3.09. The van der Waals surface area contributed by atoms with Gasteiger partial charge in [-0.15, -0.1) is 0 Å². The number of carboxylic acids is 1. The van der Waals surface area contributed by atoms with Gasteiger partial charge >= 0.3 is 12.1 Å². The molecular weight excluding hydrogens is 423 g/mol. The number of aliphatic carboxylic acids is 1. The topological polar surface area (TPSA) is 66.8 Å². The Kier molecular flexibility index (Phi) is 5.61. The van der Waals surface area contributed by atoms with Crippen molar-refractivity contribution in [2.45, 2.75) is 25.7 Å². The summed E-state index contributed by atoms with van der Waals surface area (Å²) in [7, 11) is 0. The van der Waals surface area contributed by atoms with E-state index in [4.69, 9.17) is 9.84 Å². The number of halogens is 3. The number of fused-ring (bicyclic) bond motifs is 1. The van der Waals surface area contributed by atoms with Gasteiger partial charge in [-0.25, -0.2) is 0 Å². The third-order valence-electron chi connectivity index (χ3n) is 5.17. The van der Waals surface area contributed by atoms with Gasteiger partial charge in [0.05, 0.1) is 18.5 Å². The number of carboxylic acid groups (broad SMARTS) is 1. The maximum Gasteiger partial charge on any atom is 0.416 e. The molecule has 1 aliphatic heterocycles. The molecule has 0 radical (unpaired) electrons. The van der Waals surface area contributed by atoms with Crippen molar-refractivity contribution in [2.24, 2.45) is 0 Å². The zero-order valence-corrected chi connectivity index (χ0v) is 16.7. The summed E-state index contributed by atoms with van der Waals surface area (Å²) >= 11 is 0. The summed E-state index contributed by atoms with van der Waals surface area (Å²) in [6.45, 7) is 0.354. The minimum atomic E-state index is -4.45. The van der Waals surface area contributed by atoms with Crippen molar-refractivity contribution in [1.82, 2.24) is 0 Å². The molecular formula is C24H18F3NO4. The SMILES string of the molecule is O=C(O)Cc1cccc(COc2cccc3c2CN(c2ccc(C(F)(F)F)cc2)C3=O)c1. The first-order valence-electron chi connectivity index (χ1n) is 9.76. The molecule has 0 saturated carbocycles. The van der Waals surface area contributed by atoms with Crippen LogP contribution in [0.25, 0.3) is 0 Å². The molecule has 32 heavy (non-hydrogen) atoms. The summed E-state index contributed by atoms with van der Waals surface area (Å²) in [4.78, 5) is 25.2. The molecule has 1 aliphatic rings. The number of carbonyl (C=O) groups excluding carboxylic acids is 1. The Morgan fingerprint density at radius 2 is 1.69 bits per heavy atom. The first-order valence-corrected chi connectivity index (χ1v) is 9.76. The summed E-state index contributed by atoms with van der Waals surface area (Å²) in [5.41, 5.74) is 2.11. The monoisotopic (exact) mass is 441 g/mol. The summed E-state index contributed by atoms with van der Waals surface area (Å²) in [6.07, 6.45) is -4.54. The van der Waals surface area contributed by atoms with Crippen LogP contribution in [-0.2, 0) is 30.5 Å². The lowest BCUT2D eigenvalue weighted by atomic mass is 10.1. The van der Waals surface area contributed by atoms with Crippen LogP contribution in [0.4, 0.5) is 18.9 Å². The second-order valence-corrected chi connectivity index (χ2v) is 7.40. The number of alkyl halides is 3. The van der Waals surface area contributed by atoms with E-state index in [2.05, 4.69) is 0 Å². The van der Waals surface area contributed by atoms with Gasteiger partial charge in [0.1, 0.15) is 12.4 Å². The van der Waals surface area contributed by atoms with Crippen LogP contribution < -0.4 is 9.64 Å². The van der Waals surface area contributed by atoms with E-state index in [9.17, 15) is 22.8 Å². The zero-order valence-electron chi connectivity index (χ0n) is 16.7. The van der Waals surface area contributed by atoms with E-state index >= 15 is 0 Å². The predicted molar refractivity (Wildman–Crippen MR) is 111 cm³/mol. The Balaban J connectivity index is 1.52. The smallest absolute Gasteiger partial charge is 0.416 e. The molecule has 4 rings (SSSR count). The first-order chi connectivity index (χ1) is 15.2. The lowest BCUT2D eigenvalue weighted by molar-refractivity contribution is -0.138. The highest BCUT2D eigenvalue weighted by Crippen LogP contribution is 2.36. The molecule has 0 fully saturated rings. The highest BCUT2D eigenvalue weighted by molar-refractivity contribution is 6.10. The predicted octanol–water partition coefficient (Wildman–Crippen LogP) is 5.07. The lowest BCUT2D eigenvalue weighted by Gasteiger charge is -2.17. The van der Waals surface area contributed by atoms with E-state index in [0.717, 1.165) is 17.7 Å². The van der Waals surface area contributed by atoms with Gasteiger partial charge in [0, 0.05) is 16.8 Å². The van der Waals surface area contributed by atoms with Crippen LogP contribution in [0.15, 0.2) is 66.7 Å². The fourth-order valence-electron chi connectivity index (χ4n) is 3.64. The minimum Gasteiger partial charge on any atom is -0.489 e. The standard InChI is InChI=1S/C24H18F3NO4/c25-24(26,27)17-7-9-18(10-8-17)28-13-20-19(23(28)31)5-2-6-21(20)32-14-16-4-1-3-15(11-16)12-22(29)30/h1-11H,12-14H2,(H,29,30). The third-order valence-corrected chi connectivity index (χ3v) is 5.17. The molecule has 164 valence electrons. The fraction of sp³-hybridized carbons (Fsp3) is 0.167. The highest BCUT2D eigenvalue weighted by atomic mass is 19.4. The number of carbonyl (C=O) groups is 2. The molecule has 3 aromatic carbocycles. The maximum atomic E-state index is 12.8. The van der Waals surface area contributed by atoms with Gasteiger partial charge in [0.15, 0.2) is 0 Å². The minimum absolute atomic E-state index is 0.0921. The summed E-state index contributed by atoms with van der Waals surface area (Å²) < 4.78 is 44.4. The van der Waals surface area contributed by atoms with Gasteiger partial charge in [0.2, 0.25) is 0 Å². The van der Waals surface area contributed by atoms with E-state index in [1.807, 2.05) is 6.07 Å². The number of hydrogen-bond donors (Lipinski definition) is 1. The molecule has 3 aromatic rings.